The van der Waals surface area contributed by atoms with Gasteiger partial charge >= 0.3 is 0 Å². The molecule has 0 unspecified atom stereocenters. The van der Waals surface area contributed by atoms with E-state index < -0.39 is 0 Å². The second-order valence-corrected chi connectivity index (χ2v) is 6.74. The number of aromatic nitrogens is 2. The first kappa shape index (κ1) is 16.2. The molecule has 1 N–H and O–H groups in total. The fourth-order valence-electron chi connectivity index (χ4n) is 2.46. The van der Waals surface area contributed by atoms with Gasteiger partial charge < -0.3 is 10.1 Å². The van der Waals surface area contributed by atoms with Crippen molar-refractivity contribution in [2.45, 2.75) is 20.4 Å². The summed E-state index contributed by atoms with van der Waals surface area (Å²) in [6.45, 7) is 3.75. The number of methoxy groups -OCH3 is 1. The third-order valence-electron chi connectivity index (χ3n) is 3.58. The van der Waals surface area contributed by atoms with Crippen LogP contribution in [0.1, 0.15) is 10.4 Å². The van der Waals surface area contributed by atoms with E-state index >= 15 is 0 Å². The zero-order valence-corrected chi connectivity index (χ0v) is 14.4. The molecule has 24 heavy (non-hydrogen) atoms. The number of fused-ring (bicyclic) bond motifs is 1. The summed E-state index contributed by atoms with van der Waals surface area (Å²) in [6.07, 6.45) is 1.41. The number of thiophene rings is 1. The largest absolute Gasteiger partial charge is 0.495 e. The molecule has 3 aromatic rings. The van der Waals surface area contributed by atoms with E-state index in [9.17, 15) is 9.59 Å². The Bertz CT molecular complexity index is 975. The van der Waals surface area contributed by atoms with Gasteiger partial charge in [-0.3, -0.25) is 14.2 Å². The number of nitrogens with zero attached hydrogens (tertiary/aromatic N) is 2. The van der Waals surface area contributed by atoms with Crippen LogP contribution in [0.2, 0.25) is 0 Å². The molecular formula is C17H17N3O3S. The summed E-state index contributed by atoms with van der Waals surface area (Å²) in [5.41, 5.74) is 1.37. The molecule has 0 radical (unpaired) electrons. The molecule has 0 saturated heterocycles. The lowest BCUT2D eigenvalue weighted by Crippen LogP contribution is -2.27. The third-order valence-corrected chi connectivity index (χ3v) is 4.54. The van der Waals surface area contributed by atoms with Crippen molar-refractivity contribution in [1.82, 2.24) is 9.55 Å². The Morgan fingerprint density at radius 3 is 2.88 bits per heavy atom. The monoisotopic (exact) mass is 343 g/mol. The van der Waals surface area contributed by atoms with E-state index in [1.807, 2.05) is 26.0 Å². The molecule has 1 amide bonds. The standard InChI is InChI=1S/C17H17N3O3S/c1-10-4-5-14(23-3)13(6-10)19-15(21)8-20-9-18-16-12(17(20)22)7-11(2)24-16/h4-7,9H,8H2,1-3H3,(H,19,21). The molecule has 7 heteroatoms. The second-order valence-electron chi connectivity index (χ2n) is 5.51. The van der Waals surface area contributed by atoms with Crippen LogP contribution in [-0.2, 0) is 11.3 Å². The maximum Gasteiger partial charge on any atom is 0.262 e. The minimum atomic E-state index is -0.311. The van der Waals surface area contributed by atoms with Crippen LogP contribution in [0.15, 0.2) is 35.4 Å². The van der Waals surface area contributed by atoms with E-state index in [0.29, 0.717) is 21.7 Å². The summed E-state index contributed by atoms with van der Waals surface area (Å²) in [5, 5.41) is 3.32. The predicted molar refractivity (Wildman–Crippen MR) is 95.0 cm³/mol. The van der Waals surface area contributed by atoms with E-state index in [1.165, 1.54) is 22.2 Å². The molecule has 0 atom stereocenters. The Labute approximate surface area is 142 Å². The molecule has 0 saturated carbocycles. The Morgan fingerprint density at radius 2 is 2.12 bits per heavy atom. The van der Waals surface area contributed by atoms with Crippen molar-refractivity contribution in [3.8, 4) is 5.75 Å². The summed E-state index contributed by atoms with van der Waals surface area (Å²) >= 11 is 1.46. The fraction of sp³-hybridized carbons (Fsp3) is 0.235. The first-order valence-electron chi connectivity index (χ1n) is 7.38. The number of nitrogens with one attached hydrogen (secondary N) is 1. The zero-order chi connectivity index (χ0) is 17.3. The number of carbonyl (C=O) groups excluding carboxylic acids is 1. The zero-order valence-electron chi connectivity index (χ0n) is 13.6. The molecule has 6 nitrogen and oxygen atoms in total. The number of ether oxygens (including phenoxy) is 1. The molecule has 0 fully saturated rings. The van der Waals surface area contributed by atoms with Gasteiger partial charge in [-0.1, -0.05) is 6.07 Å². The van der Waals surface area contributed by atoms with Crippen molar-refractivity contribution in [3.63, 3.8) is 0 Å². The molecule has 0 aliphatic rings. The van der Waals surface area contributed by atoms with E-state index in [0.717, 1.165) is 10.4 Å². The molecule has 1 aromatic carbocycles. The maximum absolute atomic E-state index is 12.4. The minimum absolute atomic E-state index is 0.103. The predicted octanol–water partition coefficient (Wildman–Crippen LogP) is 2.72. The molecule has 0 aliphatic carbocycles. The molecule has 2 heterocycles. The van der Waals surface area contributed by atoms with Gasteiger partial charge in [0, 0.05) is 4.88 Å². The summed E-state index contributed by atoms with van der Waals surface area (Å²) in [6, 6.07) is 7.31. The number of benzene rings is 1. The SMILES string of the molecule is COc1ccc(C)cc1NC(=O)Cn1cnc2sc(C)cc2c1=O. The highest BCUT2D eigenvalue weighted by molar-refractivity contribution is 7.18. The van der Waals surface area contributed by atoms with Crippen molar-refractivity contribution in [1.29, 1.82) is 0 Å². The Kier molecular flexibility index (Phi) is 4.35. The van der Waals surface area contributed by atoms with Gasteiger partial charge in [0.05, 0.1) is 24.5 Å². The van der Waals surface area contributed by atoms with Crippen LogP contribution >= 0.6 is 11.3 Å². The van der Waals surface area contributed by atoms with Crippen LogP contribution in [0.25, 0.3) is 10.2 Å². The second kappa shape index (κ2) is 6.45. The van der Waals surface area contributed by atoms with E-state index in [2.05, 4.69) is 10.3 Å². The number of carbonyl (C=O) groups is 1. The Morgan fingerprint density at radius 1 is 1.33 bits per heavy atom. The summed E-state index contributed by atoms with van der Waals surface area (Å²) < 4.78 is 6.55. The van der Waals surface area contributed by atoms with Gasteiger partial charge in [-0.25, -0.2) is 4.98 Å². The van der Waals surface area contributed by atoms with Gasteiger partial charge in [-0.15, -0.1) is 11.3 Å². The van der Waals surface area contributed by atoms with E-state index in [4.69, 9.17) is 4.74 Å². The van der Waals surface area contributed by atoms with Crippen molar-refractivity contribution in [2.24, 2.45) is 0 Å². The first-order valence-corrected chi connectivity index (χ1v) is 8.19. The highest BCUT2D eigenvalue weighted by Gasteiger charge is 2.12. The van der Waals surface area contributed by atoms with Crippen molar-refractivity contribution < 1.29 is 9.53 Å². The summed E-state index contributed by atoms with van der Waals surface area (Å²) in [7, 11) is 1.54. The number of aryl methyl sites for hydroxylation is 2. The smallest absolute Gasteiger partial charge is 0.262 e. The van der Waals surface area contributed by atoms with Crippen molar-refractivity contribution >= 4 is 33.1 Å². The van der Waals surface area contributed by atoms with Crippen LogP contribution in [0, 0.1) is 13.8 Å². The number of hydrogen-bond donors (Lipinski definition) is 1. The van der Waals surface area contributed by atoms with Crippen LogP contribution in [0.4, 0.5) is 5.69 Å². The lowest BCUT2D eigenvalue weighted by atomic mass is 10.2. The Hall–Kier alpha value is -2.67. The van der Waals surface area contributed by atoms with Crippen LogP contribution in [0.5, 0.6) is 5.75 Å². The van der Waals surface area contributed by atoms with Crippen molar-refractivity contribution in [3.05, 3.63) is 51.4 Å². The molecule has 2 aromatic heterocycles. The lowest BCUT2D eigenvalue weighted by molar-refractivity contribution is -0.116. The molecule has 0 bridgehead atoms. The average Bonchev–Trinajstić information content (AvgIpc) is 2.92. The van der Waals surface area contributed by atoms with E-state index in [1.54, 1.807) is 19.2 Å². The molecule has 0 aliphatic heterocycles. The molecular weight excluding hydrogens is 326 g/mol. The number of rotatable bonds is 4. The topological polar surface area (TPSA) is 73.2 Å². The Balaban J connectivity index is 1.84. The van der Waals surface area contributed by atoms with Crippen LogP contribution in [-0.4, -0.2) is 22.6 Å². The summed E-state index contributed by atoms with van der Waals surface area (Å²) in [5.74, 6) is 0.262. The quantitative estimate of drug-likeness (QED) is 0.790. The average molecular weight is 343 g/mol. The summed E-state index contributed by atoms with van der Waals surface area (Å²) in [4.78, 5) is 30.7. The van der Waals surface area contributed by atoms with Gasteiger partial charge in [-0.2, -0.15) is 0 Å². The third kappa shape index (κ3) is 3.16. The van der Waals surface area contributed by atoms with Gasteiger partial charge in [0.1, 0.15) is 17.1 Å². The number of hydrogen-bond acceptors (Lipinski definition) is 5. The number of amides is 1. The molecule has 0 spiro atoms. The van der Waals surface area contributed by atoms with Gasteiger partial charge in [0.2, 0.25) is 5.91 Å². The highest BCUT2D eigenvalue weighted by atomic mass is 32.1. The lowest BCUT2D eigenvalue weighted by Gasteiger charge is -2.11. The van der Waals surface area contributed by atoms with Crippen molar-refractivity contribution in [2.75, 3.05) is 12.4 Å². The van der Waals surface area contributed by atoms with Crippen LogP contribution < -0.4 is 15.6 Å². The van der Waals surface area contributed by atoms with Gasteiger partial charge in [0.15, 0.2) is 0 Å². The first-order chi connectivity index (χ1) is 11.5. The van der Waals surface area contributed by atoms with Gasteiger partial charge in [0.25, 0.3) is 5.56 Å². The van der Waals surface area contributed by atoms with E-state index in [-0.39, 0.29) is 18.0 Å². The molecule has 3 rings (SSSR count). The van der Waals surface area contributed by atoms with Gasteiger partial charge in [-0.05, 0) is 37.6 Å². The molecule has 124 valence electrons. The highest BCUT2D eigenvalue weighted by Crippen LogP contribution is 2.25. The fourth-order valence-corrected chi connectivity index (χ4v) is 3.29. The maximum atomic E-state index is 12.4. The minimum Gasteiger partial charge on any atom is -0.495 e. The van der Waals surface area contributed by atoms with Crippen LogP contribution in [0.3, 0.4) is 0 Å². The number of anilines is 1. The normalized spacial score (nSPS) is 10.8.